The predicted octanol–water partition coefficient (Wildman–Crippen LogP) is 5.71. The largest absolute Gasteiger partial charge is 0.480 e. The van der Waals surface area contributed by atoms with Crippen LogP contribution in [0, 0.1) is 0 Å². The first kappa shape index (κ1) is 22.0. The summed E-state index contributed by atoms with van der Waals surface area (Å²) in [5.41, 5.74) is 3.62. The molecule has 1 aromatic carbocycles. The number of benzene rings is 1. The van der Waals surface area contributed by atoms with Crippen molar-refractivity contribution in [2.24, 2.45) is 0 Å². The molecule has 0 unspecified atom stereocenters. The minimum Gasteiger partial charge on any atom is -0.480 e. The average Bonchev–Trinajstić information content (AvgIpc) is 3.48. The maximum Gasteiger partial charge on any atom is 0.330 e. The Hall–Kier alpha value is -2.17. The van der Waals surface area contributed by atoms with Crippen LogP contribution in [-0.2, 0) is 4.79 Å². The van der Waals surface area contributed by atoms with Crippen molar-refractivity contribution in [2.75, 3.05) is 16.8 Å². The van der Waals surface area contributed by atoms with Crippen LogP contribution in [-0.4, -0.2) is 44.9 Å². The zero-order chi connectivity index (χ0) is 22.2. The smallest absolute Gasteiger partial charge is 0.330 e. The minimum absolute atomic E-state index is 0.126. The molecule has 0 radical (unpaired) electrons. The maximum absolute atomic E-state index is 13.6. The van der Waals surface area contributed by atoms with Gasteiger partial charge in [0, 0.05) is 18.8 Å². The number of thioether (sulfide) groups is 1. The van der Waals surface area contributed by atoms with Crippen LogP contribution in [0.5, 0.6) is 0 Å². The molecule has 1 fully saturated rings. The maximum atomic E-state index is 13.6. The molecule has 2 aromatic heterocycles. The Bertz CT molecular complexity index is 1100. The van der Waals surface area contributed by atoms with Crippen LogP contribution in [0.4, 0.5) is 15.6 Å². The highest BCUT2D eigenvalue weighted by Crippen LogP contribution is 2.39. The molecule has 0 bridgehead atoms. The molecule has 1 saturated carbocycles. The van der Waals surface area contributed by atoms with Gasteiger partial charge in [0.05, 0.1) is 26.1 Å². The molecule has 0 spiro atoms. The third-order valence-electron chi connectivity index (χ3n) is 5.41. The standard InChI is InChI=1S/C21H24N4O3S3/c1-21(2,18(26)27)31-17-11-22-19(30-17)24(3)20(28)25(13-6-4-5-7-13)14-8-9-15-16(10-14)29-12-23-15/h8-13H,4-7H2,1-3H3,(H,26,27). The van der Waals surface area contributed by atoms with Gasteiger partial charge in [-0.15, -0.1) is 11.3 Å². The number of amides is 2. The second-order valence-corrected chi connectivity index (χ2v) is 11.9. The molecule has 1 N–H and O–H groups in total. The highest BCUT2D eigenvalue weighted by Gasteiger charge is 2.33. The number of aliphatic carboxylic acids is 1. The number of fused-ring (bicyclic) bond motifs is 1. The van der Waals surface area contributed by atoms with Crippen LogP contribution in [0.3, 0.4) is 0 Å². The number of urea groups is 1. The van der Waals surface area contributed by atoms with Gasteiger partial charge >= 0.3 is 12.0 Å². The van der Waals surface area contributed by atoms with Crippen LogP contribution in [0.2, 0.25) is 0 Å². The van der Waals surface area contributed by atoms with E-state index in [-0.39, 0.29) is 12.1 Å². The number of carbonyl (C=O) groups excluding carboxylic acids is 1. The third kappa shape index (κ3) is 4.56. The first-order chi connectivity index (χ1) is 14.8. The normalized spacial score (nSPS) is 14.8. The van der Waals surface area contributed by atoms with Gasteiger partial charge in [0.15, 0.2) is 5.13 Å². The molecule has 31 heavy (non-hydrogen) atoms. The summed E-state index contributed by atoms with van der Waals surface area (Å²) in [6.45, 7) is 3.32. The lowest BCUT2D eigenvalue weighted by Gasteiger charge is -2.32. The van der Waals surface area contributed by atoms with E-state index in [4.69, 9.17) is 0 Å². The number of carboxylic acids is 1. The second-order valence-electron chi connectivity index (χ2n) is 8.03. The number of rotatable bonds is 6. The summed E-state index contributed by atoms with van der Waals surface area (Å²) in [4.78, 5) is 37.2. The molecule has 0 aliphatic heterocycles. The summed E-state index contributed by atoms with van der Waals surface area (Å²) >= 11 is 4.13. The molecule has 2 heterocycles. The van der Waals surface area contributed by atoms with Crippen LogP contribution < -0.4 is 9.80 Å². The van der Waals surface area contributed by atoms with Crippen molar-refractivity contribution in [3.05, 3.63) is 29.9 Å². The molecule has 4 rings (SSSR count). The number of thiazole rings is 2. The monoisotopic (exact) mass is 476 g/mol. The first-order valence-electron chi connectivity index (χ1n) is 10.0. The lowest BCUT2D eigenvalue weighted by Crippen LogP contribution is -2.46. The van der Waals surface area contributed by atoms with Gasteiger partial charge in [0.1, 0.15) is 4.75 Å². The topological polar surface area (TPSA) is 86.6 Å². The van der Waals surface area contributed by atoms with E-state index in [1.165, 1.54) is 23.1 Å². The van der Waals surface area contributed by atoms with E-state index in [1.54, 1.807) is 43.3 Å². The van der Waals surface area contributed by atoms with Gasteiger partial charge in [0.25, 0.3) is 0 Å². The molecular formula is C21H24N4O3S3. The fourth-order valence-electron chi connectivity index (χ4n) is 3.62. The Labute approximate surface area is 193 Å². The van der Waals surface area contributed by atoms with Gasteiger partial charge in [-0.2, -0.15) is 0 Å². The fourth-order valence-corrected chi connectivity index (χ4v) is 6.65. The Morgan fingerprint density at radius 3 is 2.68 bits per heavy atom. The molecule has 7 nitrogen and oxygen atoms in total. The predicted molar refractivity (Wildman–Crippen MR) is 128 cm³/mol. The molecule has 0 saturated heterocycles. The minimum atomic E-state index is -0.966. The molecule has 3 aromatic rings. The van der Waals surface area contributed by atoms with Crippen LogP contribution in [0.15, 0.2) is 34.1 Å². The van der Waals surface area contributed by atoms with E-state index in [9.17, 15) is 14.7 Å². The van der Waals surface area contributed by atoms with Crippen LogP contribution >= 0.6 is 34.4 Å². The molecular weight excluding hydrogens is 452 g/mol. The second kappa shape index (κ2) is 8.76. The number of anilines is 2. The van der Waals surface area contributed by atoms with E-state index in [0.29, 0.717) is 5.13 Å². The van der Waals surface area contributed by atoms with Gasteiger partial charge in [-0.1, -0.05) is 35.9 Å². The van der Waals surface area contributed by atoms with Crippen LogP contribution in [0.1, 0.15) is 39.5 Å². The van der Waals surface area contributed by atoms with Gasteiger partial charge in [-0.25, -0.2) is 14.8 Å². The highest BCUT2D eigenvalue weighted by molar-refractivity contribution is 8.03. The summed E-state index contributed by atoms with van der Waals surface area (Å²) in [5.74, 6) is -0.886. The fraction of sp³-hybridized carbons (Fsp3) is 0.429. The van der Waals surface area contributed by atoms with E-state index in [1.807, 2.05) is 28.6 Å². The number of carboxylic acid groups (broad SMARTS) is 1. The first-order valence-corrected chi connectivity index (χ1v) is 12.6. The summed E-state index contributed by atoms with van der Waals surface area (Å²) in [6.07, 6.45) is 5.83. The van der Waals surface area contributed by atoms with Crippen molar-refractivity contribution in [3.63, 3.8) is 0 Å². The number of hydrogen-bond donors (Lipinski definition) is 1. The zero-order valence-corrected chi connectivity index (χ0v) is 20.0. The summed E-state index contributed by atoms with van der Waals surface area (Å²) in [5, 5.41) is 9.93. The SMILES string of the molecule is CN(C(=O)N(c1ccc2ncsc2c1)C1CCCC1)c1ncc(SC(C)(C)C(=O)O)s1. The highest BCUT2D eigenvalue weighted by atomic mass is 32.2. The molecule has 164 valence electrons. The summed E-state index contributed by atoms with van der Waals surface area (Å²) in [7, 11) is 1.73. The van der Waals surface area contributed by atoms with E-state index >= 15 is 0 Å². The Morgan fingerprint density at radius 2 is 1.97 bits per heavy atom. The number of aromatic nitrogens is 2. The van der Waals surface area contributed by atoms with Gasteiger partial charge < -0.3 is 5.11 Å². The Balaban J connectivity index is 1.60. The molecule has 1 aliphatic rings. The van der Waals surface area contributed by atoms with Crippen molar-refractivity contribution >= 4 is 67.5 Å². The van der Waals surface area contributed by atoms with Crippen molar-refractivity contribution in [1.82, 2.24) is 9.97 Å². The Morgan fingerprint density at radius 1 is 1.23 bits per heavy atom. The molecule has 0 atom stereocenters. The van der Waals surface area contributed by atoms with Gasteiger partial charge in [-0.05, 0) is 44.9 Å². The van der Waals surface area contributed by atoms with E-state index < -0.39 is 10.7 Å². The number of hydrogen-bond acceptors (Lipinski definition) is 7. The van der Waals surface area contributed by atoms with E-state index in [0.717, 1.165) is 45.8 Å². The van der Waals surface area contributed by atoms with Crippen LogP contribution in [0.25, 0.3) is 10.2 Å². The van der Waals surface area contributed by atoms with Gasteiger partial charge in [-0.3, -0.25) is 14.6 Å². The van der Waals surface area contributed by atoms with Crippen molar-refractivity contribution in [2.45, 2.75) is 54.5 Å². The number of carbonyl (C=O) groups is 2. The molecule has 1 aliphatic carbocycles. The Kier molecular flexibility index (Phi) is 6.23. The quantitative estimate of drug-likeness (QED) is 0.458. The van der Waals surface area contributed by atoms with Gasteiger partial charge in [0.2, 0.25) is 0 Å². The lowest BCUT2D eigenvalue weighted by molar-refractivity contribution is -0.138. The van der Waals surface area contributed by atoms with Crippen molar-refractivity contribution in [3.8, 4) is 0 Å². The lowest BCUT2D eigenvalue weighted by atomic mass is 10.2. The van der Waals surface area contributed by atoms with Crippen molar-refractivity contribution in [1.29, 1.82) is 0 Å². The zero-order valence-electron chi connectivity index (χ0n) is 17.6. The third-order valence-corrected chi connectivity index (χ3v) is 8.56. The molecule has 10 heteroatoms. The van der Waals surface area contributed by atoms with Crippen molar-refractivity contribution < 1.29 is 14.7 Å². The average molecular weight is 477 g/mol. The van der Waals surface area contributed by atoms with E-state index in [2.05, 4.69) is 9.97 Å². The summed E-state index contributed by atoms with van der Waals surface area (Å²) < 4.78 is 0.854. The number of nitrogens with zero attached hydrogens (tertiary/aromatic N) is 4. The summed E-state index contributed by atoms with van der Waals surface area (Å²) in [6, 6.07) is 5.99. The molecule has 2 amide bonds.